The van der Waals surface area contributed by atoms with Gasteiger partial charge < -0.3 is 0 Å². The van der Waals surface area contributed by atoms with Crippen molar-refractivity contribution in [2.45, 2.75) is 39.5 Å². The van der Waals surface area contributed by atoms with Crippen molar-refractivity contribution < 1.29 is 0 Å². The SMILES string of the molecule is C=C(C)CCc1cccc(CCC(=C)C)c1C=Cc1ccccc1. The van der Waals surface area contributed by atoms with Gasteiger partial charge in [0.1, 0.15) is 0 Å². The fourth-order valence-corrected chi connectivity index (χ4v) is 2.76. The molecule has 0 amide bonds. The molecule has 0 aliphatic heterocycles. The highest BCUT2D eigenvalue weighted by Gasteiger charge is 2.06. The average Bonchev–Trinajstić information content (AvgIpc) is 2.57. The van der Waals surface area contributed by atoms with E-state index in [1.54, 1.807) is 0 Å². The Kier molecular flexibility index (Phi) is 6.81. The molecule has 124 valence electrons. The van der Waals surface area contributed by atoms with Crippen molar-refractivity contribution in [3.05, 3.63) is 95.1 Å². The van der Waals surface area contributed by atoms with Crippen molar-refractivity contribution in [3.8, 4) is 0 Å². The molecule has 0 atom stereocenters. The van der Waals surface area contributed by atoms with Crippen LogP contribution in [0.1, 0.15) is 48.9 Å². The molecule has 0 aromatic heterocycles. The van der Waals surface area contributed by atoms with E-state index in [2.05, 4.69) is 87.7 Å². The minimum atomic E-state index is 1.04. The first-order chi connectivity index (χ1) is 11.6. The van der Waals surface area contributed by atoms with Crippen molar-refractivity contribution >= 4 is 12.2 Å². The van der Waals surface area contributed by atoms with E-state index in [-0.39, 0.29) is 0 Å². The maximum absolute atomic E-state index is 4.05. The zero-order valence-electron chi connectivity index (χ0n) is 15.0. The molecule has 0 N–H and O–H groups in total. The smallest absolute Gasteiger partial charge is 0.0192 e. The summed E-state index contributed by atoms with van der Waals surface area (Å²) in [5.41, 5.74) is 7.89. The predicted octanol–water partition coefficient (Wildman–Crippen LogP) is 6.87. The summed E-state index contributed by atoms with van der Waals surface area (Å²) in [6, 6.07) is 17.2. The molecule has 0 aliphatic rings. The molecule has 0 fully saturated rings. The number of hydrogen-bond donors (Lipinski definition) is 0. The van der Waals surface area contributed by atoms with Gasteiger partial charge in [0.05, 0.1) is 0 Å². The largest absolute Gasteiger partial charge is 0.100 e. The minimum Gasteiger partial charge on any atom is -0.100 e. The van der Waals surface area contributed by atoms with Gasteiger partial charge in [0.15, 0.2) is 0 Å². The highest BCUT2D eigenvalue weighted by molar-refractivity contribution is 5.73. The summed E-state index contributed by atoms with van der Waals surface area (Å²) in [7, 11) is 0. The molecule has 0 heterocycles. The molecule has 24 heavy (non-hydrogen) atoms. The van der Waals surface area contributed by atoms with Gasteiger partial charge in [0, 0.05) is 0 Å². The monoisotopic (exact) mass is 316 g/mol. The molecule has 2 rings (SSSR count). The van der Waals surface area contributed by atoms with Crippen molar-refractivity contribution in [1.82, 2.24) is 0 Å². The molecule has 0 spiro atoms. The third kappa shape index (κ3) is 5.70. The van der Waals surface area contributed by atoms with Gasteiger partial charge in [-0.05, 0) is 61.8 Å². The maximum Gasteiger partial charge on any atom is -0.0192 e. The predicted molar refractivity (Wildman–Crippen MR) is 108 cm³/mol. The van der Waals surface area contributed by atoms with E-state index < -0.39 is 0 Å². The van der Waals surface area contributed by atoms with Crippen LogP contribution in [0.2, 0.25) is 0 Å². The lowest BCUT2D eigenvalue weighted by molar-refractivity contribution is 0.914. The molecule has 0 aliphatic carbocycles. The first kappa shape index (κ1) is 18.0. The third-order valence-electron chi connectivity index (χ3n) is 4.17. The van der Waals surface area contributed by atoms with E-state index in [4.69, 9.17) is 0 Å². The molecule has 0 radical (unpaired) electrons. The fourth-order valence-electron chi connectivity index (χ4n) is 2.76. The molecule has 2 aromatic rings. The van der Waals surface area contributed by atoms with Crippen LogP contribution in [0.5, 0.6) is 0 Å². The highest BCUT2D eigenvalue weighted by atomic mass is 14.1. The van der Waals surface area contributed by atoms with Crippen molar-refractivity contribution in [3.63, 3.8) is 0 Å². The van der Waals surface area contributed by atoms with Gasteiger partial charge in [0.2, 0.25) is 0 Å². The molecule has 0 saturated carbocycles. The highest BCUT2D eigenvalue weighted by Crippen LogP contribution is 2.23. The van der Waals surface area contributed by atoms with E-state index in [9.17, 15) is 0 Å². The van der Waals surface area contributed by atoms with Crippen LogP contribution in [0.25, 0.3) is 12.2 Å². The number of aryl methyl sites for hydroxylation is 2. The molecule has 0 heteroatoms. The summed E-state index contributed by atoms with van der Waals surface area (Å²) in [6.07, 6.45) is 8.66. The second kappa shape index (κ2) is 9.08. The standard InChI is InChI=1S/C24H28/c1-19(2)13-16-22-11-8-12-23(17-14-20(3)4)24(22)18-15-21-9-6-5-7-10-21/h5-12,15,18H,1,3,13-14,16-17H2,2,4H3. The van der Waals surface area contributed by atoms with E-state index in [1.165, 1.54) is 33.4 Å². The summed E-state index contributed by atoms with van der Waals surface area (Å²) in [6.45, 7) is 12.3. The maximum atomic E-state index is 4.05. The van der Waals surface area contributed by atoms with E-state index in [0.29, 0.717) is 0 Å². The van der Waals surface area contributed by atoms with Crippen molar-refractivity contribution in [2.75, 3.05) is 0 Å². The Morgan fingerprint density at radius 3 is 1.79 bits per heavy atom. The van der Waals surface area contributed by atoms with Crippen LogP contribution in [-0.2, 0) is 12.8 Å². The zero-order chi connectivity index (χ0) is 17.4. The lowest BCUT2D eigenvalue weighted by Gasteiger charge is -2.13. The molecule has 0 nitrogen and oxygen atoms in total. The lowest BCUT2D eigenvalue weighted by Crippen LogP contribution is -1.97. The Balaban J connectivity index is 2.32. The summed E-state index contributed by atoms with van der Waals surface area (Å²) >= 11 is 0. The first-order valence-electron chi connectivity index (χ1n) is 8.69. The number of rotatable bonds is 8. The normalized spacial score (nSPS) is 10.9. The lowest BCUT2D eigenvalue weighted by atomic mass is 9.92. The van der Waals surface area contributed by atoms with Crippen LogP contribution in [0.15, 0.2) is 72.8 Å². The third-order valence-corrected chi connectivity index (χ3v) is 4.17. The minimum absolute atomic E-state index is 1.04. The molecule has 0 saturated heterocycles. The van der Waals surface area contributed by atoms with E-state index >= 15 is 0 Å². The second-order valence-electron chi connectivity index (χ2n) is 6.65. The molecule has 0 unspecified atom stereocenters. The topological polar surface area (TPSA) is 0 Å². The Morgan fingerprint density at radius 1 is 0.750 bits per heavy atom. The van der Waals surface area contributed by atoms with E-state index in [1.807, 2.05) is 0 Å². The quantitative estimate of drug-likeness (QED) is 0.368. The van der Waals surface area contributed by atoms with Crippen LogP contribution in [0.3, 0.4) is 0 Å². The van der Waals surface area contributed by atoms with Gasteiger partial charge in [-0.3, -0.25) is 0 Å². The Labute approximate surface area is 147 Å². The Morgan fingerprint density at radius 2 is 1.29 bits per heavy atom. The zero-order valence-corrected chi connectivity index (χ0v) is 15.0. The van der Waals surface area contributed by atoms with Gasteiger partial charge in [-0.15, -0.1) is 13.2 Å². The van der Waals surface area contributed by atoms with Crippen LogP contribution < -0.4 is 0 Å². The van der Waals surface area contributed by atoms with Crippen LogP contribution in [0, 0.1) is 0 Å². The molecule has 0 bridgehead atoms. The Hall–Kier alpha value is -2.34. The van der Waals surface area contributed by atoms with Gasteiger partial charge in [0.25, 0.3) is 0 Å². The fraction of sp³-hybridized carbons (Fsp3) is 0.250. The summed E-state index contributed by atoms with van der Waals surface area (Å²) in [5, 5.41) is 0. The first-order valence-corrected chi connectivity index (χ1v) is 8.69. The average molecular weight is 316 g/mol. The van der Waals surface area contributed by atoms with Crippen LogP contribution >= 0.6 is 0 Å². The molecular formula is C24H28. The molecule has 2 aromatic carbocycles. The number of hydrogen-bond acceptors (Lipinski definition) is 0. The number of allylic oxidation sites excluding steroid dienone is 2. The van der Waals surface area contributed by atoms with Crippen molar-refractivity contribution in [2.24, 2.45) is 0 Å². The van der Waals surface area contributed by atoms with Crippen molar-refractivity contribution in [1.29, 1.82) is 0 Å². The summed E-state index contributed by atoms with van der Waals surface area (Å²) < 4.78 is 0. The van der Waals surface area contributed by atoms with Crippen LogP contribution in [-0.4, -0.2) is 0 Å². The second-order valence-corrected chi connectivity index (χ2v) is 6.65. The molecular weight excluding hydrogens is 288 g/mol. The van der Waals surface area contributed by atoms with Gasteiger partial charge in [-0.1, -0.05) is 71.8 Å². The van der Waals surface area contributed by atoms with Crippen LogP contribution in [0.4, 0.5) is 0 Å². The summed E-state index contributed by atoms with van der Waals surface area (Å²) in [5.74, 6) is 0. The van der Waals surface area contributed by atoms with Gasteiger partial charge in [-0.25, -0.2) is 0 Å². The Bertz CT molecular complexity index is 681. The van der Waals surface area contributed by atoms with E-state index in [0.717, 1.165) is 25.7 Å². The van der Waals surface area contributed by atoms with Gasteiger partial charge >= 0.3 is 0 Å². The summed E-state index contributed by atoms with van der Waals surface area (Å²) in [4.78, 5) is 0. The number of benzene rings is 2. The van der Waals surface area contributed by atoms with Gasteiger partial charge in [-0.2, -0.15) is 0 Å².